The molecule has 0 aliphatic heterocycles. The van der Waals surface area contributed by atoms with Gasteiger partial charge in [0.2, 0.25) is 5.91 Å². The number of carbonyl (C=O) groups excluding carboxylic acids is 1. The molecule has 0 bridgehead atoms. The van der Waals surface area contributed by atoms with Crippen LogP contribution in [0.15, 0.2) is 30.3 Å². The molecule has 2 rings (SSSR count). The number of nitrogens with zero attached hydrogens (tertiary/aromatic N) is 2. The van der Waals surface area contributed by atoms with E-state index in [1.165, 1.54) is 5.56 Å². The molecule has 94 valence electrons. The van der Waals surface area contributed by atoms with Gasteiger partial charge in [-0.25, -0.2) is 0 Å². The van der Waals surface area contributed by atoms with Gasteiger partial charge in [-0.05, 0) is 31.2 Å². The van der Waals surface area contributed by atoms with Crippen molar-refractivity contribution in [3.8, 4) is 6.07 Å². The van der Waals surface area contributed by atoms with Crippen LogP contribution in [0.3, 0.4) is 0 Å². The Bertz CT molecular complexity index is 432. The van der Waals surface area contributed by atoms with Crippen molar-refractivity contribution >= 4 is 5.91 Å². The Balaban J connectivity index is 1.75. The molecule has 0 unspecified atom stereocenters. The molecule has 0 heterocycles. The number of hydrogen-bond donors (Lipinski definition) is 0. The summed E-state index contributed by atoms with van der Waals surface area (Å²) in [4.78, 5) is 13.7. The van der Waals surface area contributed by atoms with Gasteiger partial charge < -0.3 is 4.90 Å². The summed E-state index contributed by atoms with van der Waals surface area (Å²) in [7, 11) is 0. The van der Waals surface area contributed by atoms with Crippen molar-refractivity contribution in [3.05, 3.63) is 35.9 Å². The molecular weight excluding hydrogens is 224 g/mol. The van der Waals surface area contributed by atoms with Gasteiger partial charge >= 0.3 is 0 Å². The van der Waals surface area contributed by atoms with Crippen molar-refractivity contribution in [1.82, 2.24) is 4.90 Å². The van der Waals surface area contributed by atoms with Crippen LogP contribution in [0, 0.1) is 11.3 Å². The van der Waals surface area contributed by atoms with Crippen LogP contribution in [-0.4, -0.2) is 23.4 Å². The number of aryl methyl sites for hydroxylation is 1. The van der Waals surface area contributed by atoms with Gasteiger partial charge in [0.05, 0.1) is 6.07 Å². The lowest BCUT2D eigenvalue weighted by atomic mass is 10.1. The van der Waals surface area contributed by atoms with Crippen molar-refractivity contribution in [2.75, 3.05) is 6.54 Å². The van der Waals surface area contributed by atoms with Gasteiger partial charge in [-0.2, -0.15) is 5.26 Å². The van der Waals surface area contributed by atoms with Gasteiger partial charge in [0.25, 0.3) is 0 Å². The summed E-state index contributed by atoms with van der Waals surface area (Å²) in [5.74, 6) is 0.134. The maximum Gasteiger partial charge on any atom is 0.223 e. The Kier molecular flexibility index (Phi) is 4.35. The Morgan fingerprint density at radius 3 is 2.67 bits per heavy atom. The second-order valence-electron chi connectivity index (χ2n) is 4.75. The largest absolute Gasteiger partial charge is 0.326 e. The molecule has 1 aromatic carbocycles. The molecule has 0 atom stereocenters. The highest BCUT2D eigenvalue weighted by molar-refractivity contribution is 5.77. The van der Waals surface area contributed by atoms with Gasteiger partial charge in [0.1, 0.15) is 6.54 Å². The van der Waals surface area contributed by atoms with E-state index in [-0.39, 0.29) is 12.5 Å². The van der Waals surface area contributed by atoms with Gasteiger partial charge in [0, 0.05) is 12.5 Å². The zero-order valence-electron chi connectivity index (χ0n) is 10.5. The van der Waals surface area contributed by atoms with E-state index in [4.69, 9.17) is 5.26 Å². The number of carbonyl (C=O) groups is 1. The predicted molar refractivity (Wildman–Crippen MR) is 69.7 cm³/mol. The average Bonchev–Trinajstić information content (AvgIpc) is 3.21. The fourth-order valence-electron chi connectivity index (χ4n) is 2.12. The van der Waals surface area contributed by atoms with E-state index in [9.17, 15) is 4.79 Å². The van der Waals surface area contributed by atoms with E-state index in [1.54, 1.807) is 4.90 Å². The number of amides is 1. The maximum atomic E-state index is 12.0. The minimum absolute atomic E-state index is 0.134. The average molecular weight is 242 g/mol. The summed E-state index contributed by atoms with van der Waals surface area (Å²) in [6, 6.07) is 12.6. The Morgan fingerprint density at radius 1 is 1.33 bits per heavy atom. The third kappa shape index (κ3) is 3.59. The van der Waals surface area contributed by atoms with Crippen LogP contribution in [-0.2, 0) is 11.2 Å². The summed E-state index contributed by atoms with van der Waals surface area (Å²) in [5.41, 5.74) is 1.27. The van der Waals surface area contributed by atoms with Crippen LogP contribution in [0.25, 0.3) is 0 Å². The van der Waals surface area contributed by atoms with Gasteiger partial charge in [-0.3, -0.25) is 4.79 Å². The SMILES string of the molecule is N#CCN(C(=O)CCCc1ccccc1)C1CC1. The van der Waals surface area contributed by atoms with Crippen LogP contribution >= 0.6 is 0 Å². The minimum Gasteiger partial charge on any atom is -0.326 e. The fraction of sp³-hybridized carbons (Fsp3) is 0.467. The molecule has 1 fully saturated rings. The minimum atomic E-state index is 0.134. The van der Waals surface area contributed by atoms with Crippen LogP contribution in [0.1, 0.15) is 31.2 Å². The van der Waals surface area contributed by atoms with E-state index >= 15 is 0 Å². The molecular formula is C15H18N2O. The van der Waals surface area contributed by atoms with Crippen LogP contribution in [0.5, 0.6) is 0 Å². The van der Waals surface area contributed by atoms with Gasteiger partial charge in [0.15, 0.2) is 0 Å². The molecule has 1 aliphatic carbocycles. The van der Waals surface area contributed by atoms with Crippen molar-refractivity contribution in [2.24, 2.45) is 0 Å². The van der Waals surface area contributed by atoms with E-state index in [2.05, 4.69) is 18.2 Å². The van der Waals surface area contributed by atoms with E-state index in [0.29, 0.717) is 12.5 Å². The monoisotopic (exact) mass is 242 g/mol. The molecule has 1 aromatic rings. The lowest BCUT2D eigenvalue weighted by Crippen LogP contribution is -2.33. The molecule has 0 aromatic heterocycles. The molecule has 1 amide bonds. The summed E-state index contributed by atoms with van der Waals surface area (Å²) in [6.45, 7) is 0.245. The zero-order chi connectivity index (χ0) is 12.8. The van der Waals surface area contributed by atoms with Gasteiger partial charge in [-0.15, -0.1) is 0 Å². The second kappa shape index (κ2) is 6.20. The first-order valence-electron chi connectivity index (χ1n) is 6.51. The van der Waals surface area contributed by atoms with Crippen LogP contribution in [0.2, 0.25) is 0 Å². The summed E-state index contributed by atoms with van der Waals surface area (Å²) < 4.78 is 0. The topological polar surface area (TPSA) is 44.1 Å². The van der Waals surface area contributed by atoms with Crippen molar-refractivity contribution in [3.63, 3.8) is 0 Å². The molecule has 1 saturated carbocycles. The maximum absolute atomic E-state index is 12.0. The Morgan fingerprint density at radius 2 is 2.06 bits per heavy atom. The van der Waals surface area contributed by atoms with E-state index < -0.39 is 0 Å². The lowest BCUT2D eigenvalue weighted by molar-refractivity contribution is -0.131. The van der Waals surface area contributed by atoms with E-state index in [0.717, 1.165) is 25.7 Å². The van der Waals surface area contributed by atoms with E-state index in [1.807, 2.05) is 18.2 Å². The highest BCUT2D eigenvalue weighted by atomic mass is 16.2. The first-order chi connectivity index (χ1) is 8.81. The van der Waals surface area contributed by atoms with Gasteiger partial charge in [-0.1, -0.05) is 30.3 Å². The molecule has 0 saturated heterocycles. The first kappa shape index (κ1) is 12.6. The molecule has 0 N–H and O–H groups in total. The number of rotatable bonds is 6. The molecule has 3 heteroatoms. The Hall–Kier alpha value is -1.82. The summed E-state index contributed by atoms with van der Waals surface area (Å²) >= 11 is 0. The lowest BCUT2D eigenvalue weighted by Gasteiger charge is -2.18. The first-order valence-corrected chi connectivity index (χ1v) is 6.51. The highest BCUT2D eigenvalue weighted by Crippen LogP contribution is 2.27. The number of benzene rings is 1. The quantitative estimate of drug-likeness (QED) is 0.719. The molecule has 0 spiro atoms. The summed E-state index contributed by atoms with van der Waals surface area (Å²) in [5, 5.41) is 8.72. The van der Waals surface area contributed by atoms with Crippen LogP contribution < -0.4 is 0 Å². The van der Waals surface area contributed by atoms with Crippen molar-refractivity contribution < 1.29 is 4.79 Å². The molecule has 18 heavy (non-hydrogen) atoms. The Labute approximate surface area is 108 Å². The second-order valence-corrected chi connectivity index (χ2v) is 4.75. The standard InChI is InChI=1S/C15H18N2O/c16-11-12-17(14-9-10-14)15(18)8-4-7-13-5-2-1-3-6-13/h1-3,5-6,14H,4,7-10,12H2. The third-order valence-electron chi connectivity index (χ3n) is 3.25. The molecule has 1 aliphatic rings. The van der Waals surface area contributed by atoms with Crippen LogP contribution in [0.4, 0.5) is 0 Å². The summed E-state index contributed by atoms with van der Waals surface area (Å²) in [6.07, 6.45) is 4.46. The number of hydrogen-bond acceptors (Lipinski definition) is 2. The normalized spacial score (nSPS) is 13.9. The third-order valence-corrected chi connectivity index (χ3v) is 3.25. The predicted octanol–water partition coefficient (Wildman–Crippen LogP) is 2.52. The highest BCUT2D eigenvalue weighted by Gasteiger charge is 2.31. The smallest absolute Gasteiger partial charge is 0.223 e. The molecule has 3 nitrogen and oxygen atoms in total. The molecule has 0 radical (unpaired) electrons. The zero-order valence-corrected chi connectivity index (χ0v) is 10.5. The van der Waals surface area contributed by atoms with Crippen molar-refractivity contribution in [1.29, 1.82) is 5.26 Å². The fourth-order valence-corrected chi connectivity index (χ4v) is 2.12. The number of nitriles is 1. The van der Waals surface area contributed by atoms with Crippen molar-refractivity contribution in [2.45, 2.75) is 38.1 Å².